The molecule has 0 aliphatic carbocycles. The van der Waals surface area contributed by atoms with Gasteiger partial charge in [0.25, 0.3) is 0 Å². The quantitative estimate of drug-likeness (QED) is 0.0983. The Balaban J connectivity index is 1.36. The summed E-state index contributed by atoms with van der Waals surface area (Å²) in [6, 6.07) is 108. The van der Waals surface area contributed by atoms with E-state index in [0.717, 1.165) is 0 Å². The Morgan fingerprint density at radius 3 is 0.662 bits per heavy atom. The second-order valence-corrected chi connectivity index (χ2v) is 18.0. The van der Waals surface area contributed by atoms with E-state index in [0.29, 0.717) is 0 Å². The largest absolute Gasteiger partial charge is 0.119 e. The number of rotatable bonds is 14. The van der Waals surface area contributed by atoms with Gasteiger partial charge in [0, 0.05) is 11.8 Å². The monoisotopic (exact) mass is 850 g/mol. The Bertz CT molecular complexity index is 2660. The third kappa shape index (κ3) is 8.05. The first-order valence-corrected chi connectivity index (χ1v) is 23.4. The summed E-state index contributed by atoms with van der Waals surface area (Å²) < 4.78 is -1.57. The van der Waals surface area contributed by atoms with E-state index >= 15 is 0 Å². The van der Waals surface area contributed by atoms with Crippen LogP contribution in [-0.4, -0.2) is 0 Å². The molecule has 0 nitrogen and oxygen atoms in total. The third-order valence-electron chi connectivity index (χ3n) is 12.9. The average molecular weight is 851 g/mol. The molecule has 0 amide bonds. The van der Waals surface area contributed by atoms with Crippen LogP contribution < -0.4 is 0 Å². The fraction of sp³-hybridized carbons (Fsp3) is 0.0625. The van der Waals surface area contributed by atoms with Gasteiger partial charge in [-0.2, -0.15) is 0 Å². The molecule has 0 aliphatic rings. The van der Waals surface area contributed by atoms with E-state index in [4.69, 9.17) is 0 Å². The highest BCUT2D eigenvalue weighted by atomic mass is 32.2. The first-order chi connectivity index (χ1) is 32.3. The van der Waals surface area contributed by atoms with Crippen LogP contribution in [0.5, 0.6) is 0 Å². The van der Waals surface area contributed by atoms with Crippen LogP contribution in [0.15, 0.2) is 291 Å². The van der Waals surface area contributed by atoms with Gasteiger partial charge in [-0.05, 0) is 66.8 Å². The van der Waals surface area contributed by atoms with Crippen molar-refractivity contribution in [1.82, 2.24) is 0 Å². The Morgan fingerprint density at radius 1 is 0.215 bits per heavy atom. The molecule has 0 saturated heterocycles. The van der Waals surface area contributed by atoms with E-state index in [1.54, 1.807) is 0 Å². The minimum absolute atomic E-state index is 0.0447. The van der Waals surface area contributed by atoms with Crippen LogP contribution in [0.2, 0.25) is 0 Å². The van der Waals surface area contributed by atoms with Crippen molar-refractivity contribution in [2.75, 3.05) is 0 Å². The van der Waals surface area contributed by atoms with Crippen molar-refractivity contribution in [1.29, 1.82) is 0 Å². The van der Waals surface area contributed by atoms with Gasteiger partial charge in [-0.25, -0.2) is 0 Å². The highest BCUT2D eigenvalue weighted by molar-refractivity contribution is 8.02. The first kappa shape index (κ1) is 41.6. The summed E-state index contributed by atoms with van der Waals surface area (Å²) in [5, 5.41) is 0. The molecular weight excluding hydrogens is 801 g/mol. The molecule has 65 heavy (non-hydrogen) atoms. The maximum atomic E-state index is 2.41. The van der Waals surface area contributed by atoms with Crippen LogP contribution in [0, 0.1) is 0 Å². The van der Waals surface area contributed by atoms with Gasteiger partial charge in [-0.1, -0.05) is 291 Å². The minimum atomic E-state index is -0.783. The van der Waals surface area contributed by atoms with Crippen molar-refractivity contribution in [3.63, 3.8) is 0 Å². The first-order valence-electron chi connectivity index (χ1n) is 22.6. The Hall–Kier alpha value is -7.45. The van der Waals surface area contributed by atoms with E-state index in [9.17, 15) is 0 Å². The molecule has 0 radical (unpaired) electrons. The van der Waals surface area contributed by atoms with E-state index in [2.05, 4.69) is 291 Å². The summed E-state index contributed by atoms with van der Waals surface area (Å²) in [5.74, 6) is -0.0895. The van der Waals surface area contributed by atoms with Gasteiger partial charge >= 0.3 is 0 Å². The molecule has 0 unspecified atom stereocenters. The van der Waals surface area contributed by atoms with Gasteiger partial charge in [0.15, 0.2) is 0 Å². The Labute approximate surface area is 389 Å². The number of thioether (sulfide) groups is 1. The Kier molecular flexibility index (Phi) is 12.2. The second-order valence-electron chi connectivity index (χ2n) is 16.6. The summed E-state index contributed by atoms with van der Waals surface area (Å²) >= 11 is 2.05. The molecule has 0 aliphatic heterocycles. The van der Waals surface area contributed by atoms with Crippen LogP contribution in [0.1, 0.15) is 78.6 Å². The predicted molar refractivity (Wildman–Crippen MR) is 274 cm³/mol. The molecular formula is C64H50S. The molecule has 312 valence electrons. The average Bonchev–Trinajstić information content (AvgIpc) is 3.40. The van der Waals surface area contributed by atoms with Gasteiger partial charge in [-0.15, -0.1) is 11.8 Å². The van der Waals surface area contributed by atoms with E-state index < -0.39 is 9.49 Å². The molecule has 10 aromatic carbocycles. The molecule has 10 rings (SSSR count). The lowest BCUT2D eigenvalue weighted by Gasteiger charge is -2.47. The summed E-state index contributed by atoms with van der Waals surface area (Å²) in [6.07, 6.45) is 0. The Morgan fingerprint density at radius 2 is 0.415 bits per heavy atom. The molecule has 0 bridgehead atoms. The molecule has 0 spiro atoms. The molecule has 0 atom stereocenters. The van der Waals surface area contributed by atoms with E-state index in [1.807, 2.05) is 11.8 Å². The molecule has 0 fully saturated rings. The van der Waals surface area contributed by atoms with Crippen molar-refractivity contribution in [3.05, 3.63) is 358 Å². The lowest BCUT2D eigenvalue weighted by atomic mass is 9.75. The zero-order valence-corrected chi connectivity index (χ0v) is 37.1. The lowest BCUT2D eigenvalue weighted by molar-refractivity contribution is 0.798. The van der Waals surface area contributed by atoms with Crippen LogP contribution in [0.25, 0.3) is 0 Å². The number of hydrogen-bond donors (Lipinski definition) is 0. The van der Waals surface area contributed by atoms with Crippen molar-refractivity contribution in [2.24, 2.45) is 0 Å². The van der Waals surface area contributed by atoms with Gasteiger partial charge in [0.05, 0.1) is 9.49 Å². The standard InChI is InChI=1S/C64H50S/c1-9-29-49(30-10-1)61(50-31-11-2-12-32-50)57-45-25-27-47-59(57)63(53-37-17-5-18-38-53,54-39-19-6-20-40-54)65-64(55-41-21-7-22-42-55,56-43-23-8-24-44-56)60-48-28-26-46-58(60)62(51-33-13-3-14-34-51)52-35-15-4-16-36-52/h1-48,61-62H. The molecule has 1 heteroatoms. The highest BCUT2D eigenvalue weighted by Crippen LogP contribution is 2.63. The zero-order valence-electron chi connectivity index (χ0n) is 36.3. The molecule has 0 aromatic heterocycles. The molecule has 10 aromatic rings. The second kappa shape index (κ2) is 19.1. The molecule has 0 heterocycles. The lowest BCUT2D eigenvalue weighted by Crippen LogP contribution is -2.37. The van der Waals surface area contributed by atoms with Crippen LogP contribution in [0.4, 0.5) is 0 Å². The van der Waals surface area contributed by atoms with Crippen LogP contribution in [-0.2, 0) is 9.49 Å². The summed E-state index contributed by atoms with van der Waals surface area (Å²) in [6.45, 7) is 0. The van der Waals surface area contributed by atoms with Crippen molar-refractivity contribution in [3.8, 4) is 0 Å². The molecule has 0 saturated carbocycles. The topological polar surface area (TPSA) is 0 Å². The number of benzene rings is 10. The maximum Gasteiger partial charge on any atom is 0.0925 e. The van der Waals surface area contributed by atoms with Crippen molar-refractivity contribution in [2.45, 2.75) is 21.3 Å². The van der Waals surface area contributed by atoms with Crippen molar-refractivity contribution < 1.29 is 0 Å². The van der Waals surface area contributed by atoms with Crippen LogP contribution >= 0.6 is 11.8 Å². The third-order valence-corrected chi connectivity index (χ3v) is 14.9. The zero-order chi connectivity index (χ0) is 43.7. The fourth-order valence-electron chi connectivity index (χ4n) is 10.0. The summed E-state index contributed by atoms with van der Waals surface area (Å²) in [4.78, 5) is 0. The number of hydrogen-bond acceptors (Lipinski definition) is 1. The van der Waals surface area contributed by atoms with E-state index in [1.165, 1.54) is 66.8 Å². The SMILES string of the molecule is c1ccc(C(c2ccccc2)c2ccccc2C(SC(c2ccccc2)(c2ccccc2)c2ccccc2C(c2ccccc2)c2ccccc2)(c2ccccc2)c2ccccc2)cc1. The van der Waals surface area contributed by atoms with Gasteiger partial charge in [0.1, 0.15) is 0 Å². The highest BCUT2D eigenvalue weighted by Gasteiger charge is 2.51. The van der Waals surface area contributed by atoms with Gasteiger partial charge < -0.3 is 0 Å². The maximum absolute atomic E-state index is 2.41. The summed E-state index contributed by atoms with van der Waals surface area (Å²) in [5.41, 5.74) is 14.9. The van der Waals surface area contributed by atoms with Gasteiger partial charge in [-0.3, -0.25) is 0 Å². The van der Waals surface area contributed by atoms with Crippen molar-refractivity contribution >= 4 is 11.8 Å². The minimum Gasteiger partial charge on any atom is -0.119 e. The molecule has 0 N–H and O–H groups in total. The predicted octanol–water partition coefficient (Wildman–Crippen LogP) is 16.1. The normalized spacial score (nSPS) is 11.7. The fourth-order valence-corrected chi connectivity index (χ4v) is 12.1. The summed E-state index contributed by atoms with van der Waals surface area (Å²) in [7, 11) is 0. The van der Waals surface area contributed by atoms with Gasteiger partial charge in [0.2, 0.25) is 0 Å². The smallest absolute Gasteiger partial charge is 0.0925 e. The van der Waals surface area contributed by atoms with E-state index in [-0.39, 0.29) is 11.8 Å². The van der Waals surface area contributed by atoms with Crippen LogP contribution in [0.3, 0.4) is 0 Å².